The van der Waals surface area contributed by atoms with E-state index >= 15 is 0 Å². The molecule has 1 aromatic heterocycles. The van der Waals surface area contributed by atoms with Crippen LogP contribution in [0.3, 0.4) is 0 Å². The van der Waals surface area contributed by atoms with E-state index in [1.54, 1.807) is 18.4 Å². The van der Waals surface area contributed by atoms with Crippen molar-refractivity contribution < 1.29 is 17.9 Å². The Morgan fingerprint density at radius 2 is 1.89 bits per heavy atom. The number of likely N-dealkylation sites (N-methyl/N-ethyl adjacent to an activating group) is 1. The molecule has 1 unspecified atom stereocenters. The van der Waals surface area contributed by atoms with Crippen molar-refractivity contribution in [2.24, 2.45) is 0 Å². The number of hydrogen-bond acceptors (Lipinski definition) is 3. The lowest BCUT2D eigenvalue weighted by Gasteiger charge is -2.17. The van der Waals surface area contributed by atoms with Crippen LogP contribution >= 0.6 is 11.3 Å². The van der Waals surface area contributed by atoms with Gasteiger partial charge in [-0.1, -0.05) is 20.8 Å². The molecule has 0 saturated heterocycles. The number of nitrogens with one attached hydrogen (secondary N) is 1. The van der Waals surface area contributed by atoms with Crippen LogP contribution in [0.2, 0.25) is 0 Å². The van der Waals surface area contributed by atoms with Gasteiger partial charge in [-0.3, -0.25) is 0 Å². The van der Waals surface area contributed by atoms with Gasteiger partial charge < -0.3 is 10.1 Å². The Morgan fingerprint density at radius 1 is 1.26 bits per heavy atom. The summed E-state index contributed by atoms with van der Waals surface area (Å²) in [6.07, 6.45) is -4.27. The molecule has 2 nitrogen and oxygen atoms in total. The van der Waals surface area contributed by atoms with Gasteiger partial charge in [0.15, 0.2) is 0 Å². The second-order valence-electron chi connectivity index (χ2n) is 5.42. The monoisotopic (exact) mass is 295 g/mol. The number of hydrogen-bond donors (Lipinski definition) is 1. The predicted molar refractivity (Wildman–Crippen MR) is 71.7 cm³/mol. The molecule has 0 bridgehead atoms. The van der Waals surface area contributed by atoms with Crippen LogP contribution in [0.25, 0.3) is 0 Å². The number of ether oxygens (including phenoxy) is 1. The van der Waals surface area contributed by atoms with Gasteiger partial charge in [-0.25, -0.2) is 0 Å². The summed E-state index contributed by atoms with van der Waals surface area (Å²) in [5, 5.41) is 2.99. The van der Waals surface area contributed by atoms with Crippen molar-refractivity contribution in [1.82, 2.24) is 5.32 Å². The second kappa shape index (κ2) is 6.24. The Morgan fingerprint density at radius 3 is 2.32 bits per heavy atom. The maximum atomic E-state index is 12.0. The average molecular weight is 295 g/mol. The smallest absolute Gasteiger partial charge is 0.370 e. The van der Waals surface area contributed by atoms with E-state index in [9.17, 15) is 13.2 Å². The average Bonchev–Trinajstić information content (AvgIpc) is 2.71. The first-order valence-electron chi connectivity index (χ1n) is 6.05. The number of halogens is 3. The van der Waals surface area contributed by atoms with Crippen molar-refractivity contribution in [2.45, 2.75) is 38.4 Å². The third-order valence-corrected chi connectivity index (χ3v) is 4.23. The first-order valence-corrected chi connectivity index (χ1v) is 6.87. The molecule has 0 spiro atoms. The van der Waals surface area contributed by atoms with Gasteiger partial charge in [-0.2, -0.15) is 13.2 Å². The molecule has 1 rings (SSSR count). The number of alkyl halides is 3. The lowest BCUT2D eigenvalue weighted by molar-refractivity contribution is -0.175. The molecule has 0 aliphatic rings. The van der Waals surface area contributed by atoms with Gasteiger partial charge >= 0.3 is 6.18 Å². The Labute approximate surface area is 116 Å². The summed E-state index contributed by atoms with van der Waals surface area (Å²) < 4.78 is 40.8. The second-order valence-corrected chi connectivity index (χ2v) is 6.54. The highest BCUT2D eigenvalue weighted by molar-refractivity contribution is 7.12. The molecule has 0 fully saturated rings. The molecule has 19 heavy (non-hydrogen) atoms. The molecule has 0 saturated carbocycles. The lowest BCUT2D eigenvalue weighted by atomic mass is 9.95. The van der Waals surface area contributed by atoms with Crippen LogP contribution in [0.15, 0.2) is 12.1 Å². The van der Waals surface area contributed by atoms with Crippen molar-refractivity contribution in [1.29, 1.82) is 0 Å². The standard InChI is InChI=1S/C13H20F3NOS/c1-12(2,3)11-6-5-10(19-11)9(17-4)7-18-8-13(14,15)16/h5-6,9,17H,7-8H2,1-4H3. The highest BCUT2D eigenvalue weighted by Gasteiger charge is 2.28. The van der Waals surface area contributed by atoms with E-state index in [0.717, 1.165) is 4.88 Å². The van der Waals surface area contributed by atoms with Crippen LogP contribution in [-0.2, 0) is 10.2 Å². The highest BCUT2D eigenvalue weighted by Crippen LogP contribution is 2.32. The zero-order valence-corrected chi connectivity index (χ0v) is 12.4. The quantitative estimate of drug-likeness (QED) is 0.890. The maximum Gasteiger partial charge on any atom is 0.411 e. The van der Waals surface area contributed by atoms with Crippen LogP contribution in [0, 0.1) is 0 Å². The van der Waals surface area contributed by atoms with Crippen LogP contribution in [0.5, 0.6) is 0 Å². The third-order valence-electron chi connectivity index (χ3n) is 2.61. The fraction of sp³-hybridized carbons (Fsp3) is 0.692. The minimum Gasteiger partial charge on any atom is -0.370 e. The first kappa shape index (κ1) is 16.5. The van der Waals surface area contributed by atoms with Crippen molar-refractivity contribution >= 4 is 11.3 Å². The van der Waals surface area contributed by atoms with E-state index in [-0.39, 0.29) is 18.1 Å². The fourth-order valence-electron chi connectivity index (χ4n) is 1.54. The van der Waals surface area contributed by atoms with Gasteiger partial charge in [-0.15, -0.1) is 11.3 Å². The lowest BCUT2D eigenvalue weighted by Crippen LogP contribution is -2.25. The molecule has 0 amide bonds. The Bertz CT molecular complexity index is 395. The summed E-state index contributed by atoms with van der Waals surface area (Å²) in [6, 6.07) is 3.76. The molecule has 110 valence electrons. The number of thiophene rings is 1. The van der Waals surface area contributed by atoms with E-state index in [4.69, 9.17) is 4.74 Å². The Kier molecular flexibility index (Phi) is 5.41. The first-order chi connectivity index (χ1) is 8.63. The van der Waals surface area contributed by atoms with E-state index in [2.05, 4.69) is 26.1 Å². The Hall–Kier alpha value is -0.590. The van der Waals surface area contributed by atoms with E-state index in [1.807, 2.05) is 12.1 Å². The molecule has 0 aliphatic heterocycles. The minimum atomic E-state index is -4.27. The maximum absolute atomic E-state index is 12.0. The zero-order chi connectivity index (χ0) is 14.7. The van der Waals surface area contributed by atoms with Crippen LogP contribution in [-0.4, -0.2) is 26.4 Å². The summed E-state index contributed by atoms with van der Waals surface area (Å²) in [7, 11) is 1.72. The van der Waals surface area contributed by atoms with E-state index < -0.39 is 12.8 Å². The molecule has 1 heterocycles. The van der Waals surface area contributed by atoms with Gasteiger partial charge in [0.05, 0.1) is 12.6 Å². The van der Waals surface area contributed by atoms with Crippen LogP contribution < -0.4 is 5.32 Å². The molecule has 6 heteroatoms. The van der Waals surface area contributed by atoms with Gasteiger partial charge in [0.2, 0.25) is 0 Å². The summed E-state index contributed by atoms with van der Waals surface area (Å²) in [5.74, 6) is 0. The predicted octanol–water partition coefficient (Wildman–Crippen LogP) is 3.89. The van der Waals surface area contributed by atoms with Crippen molar-refractivity contribution in [2.75, 3.05) is 20.3 Å². The SMILES string of the molecule is CNC(COCC(F)(F)F)c1ccc(C(C)(C)C)s1. The molecule has 1 N–H and O–H groups in total. The van der Waals surface area contributed by atoms with Crippen molar-refractivity contribution in [3.05, 3.63) is 21.9 Å². The van der Waals surface area contributed by atoms with Gasteiger partial charge in [0, 0.05) is 9.75 Å². The molecular weight excluding hydrogens is 275 g/mol. The van der Waals surface area contributed by atoms with E-state index in [1.165, 1.54) is 4.88 Å². The van der Waals surface area contributed by atoms with Gasteiger partial charge in [-0.05, 0) is 24.6 Å². The largest absolute Gasteiger partial charge is 0.411 e. The van der Waals surface area contributed by atoms with Crippen LogP contribution in [0.4, 0.5) is 13.2 Å². The van der Waals surface area contributed by atoms with Gasteiger partial charge in [0.25, 0.3) is 0 Å². The van der Waals surface area contributed by atoms with Crippen molar-refractivity contribution in [3.8, 4) is 0 Å². The van der Waals surface area contributed by atoms with Crippen molar-refractivity contribution in [3.63, 3.8) is 0 Å². The minimum absolute atomic E-state index is 0.0140. The Balaban J connectivity index is 2.63. The topological polar surface area (TPSA) is 21.3 Å². The summed E-state index contributed by atoms with van der Waals surface area (Å²) in [4.78, 5) is 2.20. The summed E-state index contributed by atoms with van der Waals surface area (Å²) >= 11 is 1.61. The normalized spacial score (nSPS) is 14.7. The molecule has 1 aromatic rings. The molecule has 1 atom stereocenters. The summed E-state index contributed by atoms with van der Waals surface area (Å²) in [5.41, 5.74) is 0.0496. The third kappa shape index (κ3) is 5.50. The summed E-state index contributed by atoms with van der Waals surface area (Å²) in [6.45, 7) is 5.13. The number of rotatable bonds is 5. The van der Waals surface area contributed by atoms with E-state index in [0.29, 0.717) is 0 Å². The molecule has 0 radical (unpaired) electrons. The fourth-order valence-corrected chi connectivity index (χ4v) is 2.70. The highest BCUT2D eigenvalue weighted by atomic mass is 32.1. The zero-order valence-electron chi connectivity index (χ0n) is 11.6. The molecule has 0 aliphatic carbocycles. The molecular formula is C13H20F3NOS. The molecule has 0 aromatic carbocycles. The van der Waals surface area contributed by atoms with Gasteiger partial charge in [0.1, 0.15) is 6.61 Å². The van der Waals surface area contributed by atoms with Crippen LogP contribution in [0.1, 0.15) is 36.6 Å².